The Kier molecular flexibility index (Phi) is 5.07. The third-order valence-electron chi connectivity index (χ3n) is 3.76. The Bertz CT molecular complexity index is 173. The Labute approximate surface area is 94.8 Å². The third-order valence-corrected chi connectivity index (χ3v) is 3.76. The molecule has 2 heteroatoms. The van der Waals surface area contributed by atoms with Gasteiger partial charge in [-0.3, -0.25) is 0 Å². The summed E-state index contributed by atoms with van der Waals surface area (Å²) in [5, 5.41) is 3.62. The summed E-state index contributed by atoms with van der Waals surface area (Å²) < 4.78 is 5.41. The van der Waals surface area contributed by atoms with E-state index in [4.69, 9.17) is 4.74 Å². The van der Waals surface area contributed by atoms with Gasteiger partial charge in [-0.25, -0.2) is 0 Å². The molecule has 1 aliphatic rings. The van der Waals surface area contributed by atoms with Gasteiger partial charge in [0.25, 0.3) is 0 Å². The van der Waals surface area contributed by atoms with Gasteiger partial charge in [0.2, 0.25) is 0 Å². The minimum atomic E-state index is -0.0388. The zero-order chi connectivity index (χ0) is 11.3. The Balaban J connectivity index is 2.25. The monoisotopic (exact) mass is 213 g/mol. The first-order valence-electron chi connectivity index (χ1n) is 6.34. The maximum Gasteiger partial charge on any atom is 0.0746 e. The van der Waals surface area contributed by atoms with E-state index in [1.807, 2.05) is 0 Å². The standard InChI is InChI=1S/C13H27NO/c1-11(12-8-6-5-7-9-12)14-10-13(2,3)15-4/h11-12,14H,5-10H2,1-4H3. The van der Waals surface area contributed by atoms with Crippen LogP contribution in [-0.2, 0) is 4.74 Å². The van der Waals surface area contributed by atoms with Crippen molar-refractivity contribution in [2.75, 3.05) is 13.7 Å². The van der Waals surface area contributed by atoms with E-state index in [1.165, 1.54) is 32.1 Å². The Morgan fingerprint density at radius 2 is 1.87 bits per heavy atom. The minimum Gasteiger partial charge on any atom is -0.377 e. The number of hydrogen-bond acceptors (Lipinski definition) is 2. The molecule has 1 aliphatic carbocycles. The number of rotatable bonds is 5. The maximum atomic E-state index is 5.41. The van der Waals surface area contributed by atoms with Gasteiger partial charge in [0, 0.05) is 19.7 Å². The highest BCUT2D eigenvalue weighted by Crippen LogP contribution is 2.26. The summed E-state index contributed by atoms with van der Waals surface area (Å²) in [6, 6.07) is 0.639. The van der Waals surface area contributed by atoms with Crippen LogP contribution in [0.25, 0.3) is 0 Å². The first kappa shape index (κ1) is 13.0. The van der Waals surface area contributed by atoms with Gasteiger partial charge in [0.05, 0.1) is 5.60 Å². The molecular formula is C13H27NO. The average Bonchev–Trinajstić information content (AvgIpc) is 2.27. The summed E-state index contributed by atoms with van der Waals surface area (Å²) in [4.78, 5) is 0. The summed E-state index contributed by atoms with van der Waals surface area (Å²) in [5.41, 5.74) is -0.0388. The molecule has 1 fully saturated rings. The van der Waals surface area contributed by atoms with Gasteiger partial charge >= 0.3 is 0 Å². The fourth-order valence-corrected chi connectivity index (χ4v) is 2.28. The summed E-state index contributed by atoms with van der Waals surface area (Å²) in [6.45, 7) is 7.53. The molecule has 0 radical (unpaired) electrons. The normalized spacial score (nSPS) is 21.6. The Hall–Kier alpha value is -0.0800. The van der Waals surface area contributed by atoms with Crippen molar-refractivity contribution in [2.45, 2.75) is 64.5 Å². The van der Waals surface area contributed by atoms with Gasteiger partial charge in [-0.1, -0.05) is 19.3 Å². The Morgan fingerprint density at radius 3 is 2.40 bits per heavy atom. The van der Waals surface area contributed by atoms with Crippen molar-refractivity contribution >= 4 is 0 Å². The second-order valence-electron chi connectivity index (χ2n) is 5.53. The predicted octanol–water partition coefficient (Wildman–Crippen LogP) is 2.97. The molecule has 90 valence electrons. The predicted molar refractivity (Wildman–Crippen MR) is 65.1 cm³/mol. The molecular weight excluding hydrogens is 186 g/mol. The van der Waals surface area contributed by atoms with Crippen LogP contribution in [0.2, 0.25) is 0 Å². The van der Waals surface area contributed by atoms with Crippen LogP contribution in [0.15, 0.2) is 0 Å². The maximum absolute atomic E-state index is 5.41. The van der Waals surface area contributed by atoms with Crippen molar-refractivity contribution in [1.82, 2.24) is 5.32 Å². The second kappa shape index (κ2) is 5.86. The van der Waals surface area contributed by atoms with Crippen LogP contribution in [0.5, 0.6) is 0 Å². The zero-order valence-corrected chi connectivity index (χ0v) is 10.8. The molecule has 0 heterocycles. The van der Waals surface area contributed by atoms with Gasteiger partial charge < -0.3 is 10.1 Å². The van der Waals surface area contributed by atoms with Crippen molar-refractivity contribution in [2.24, 2.45) is 5.92 Å². The van der Waals surface area contributed by atoms with Crippen LogP contribution in [0, 0.1) is 5.92 Å². The van der Waals surface area contributed by atoms with Crippen LogP contribution in [0.4, 0.5) is 0 Å². The van der Waals surface area contributed by atoms with Crippen molar-refractivity contribution in [3.63, 3.8) is 0 Å². The molecule has 0 amide bonds. The van der Waals surface area contributed by atoms with E-state index in [2.05, 4.69) is 26.1 Å². The van der Waals surface area contributed by atoms with E-state index in [9.17, 15) is 0 Å². The highest BCUT2D eigenvalue weighted by molar-refractivity contribution is 4.79. The molecule has 0 saturated heterocycles. The molecule has 1 saturated carbocycles. The van der Waals surface area contributed by atoms with Crippen LogP contribution in [-0.4, -0.2) is 25.3 Å². The van der Waals surface area contributed by atoms with Crippen molar-refractivity contribution in [3.8, 4) is 0 Å². The topological polar surface area (TPSA) is 21.3 Å². The lowest BCUT2D eigenvalue weighted by Gasteiger charge is -2.31. The molecule has 0 aromatic rings. The van der Waals surface area contributed by atoms with Gasteiger partial charge in [0.15, 0.2) is 0 Å². The molecule has 0 aromatic heterocycles. The fraction of sp³-hybridized carbons (Fsp3) is 1.00. The first-order chi connectivity index (χ1) is 7.05. The van der Waals surface area contributed by atoms with E-state index >= 15 is 0 Å². The molecule has 1 unspecified atom stereocenters. The highest BCUT2D eigenvalue weighted by Gasteiger charge is 2.22. The van der Waals surface area contributed by atoms with Crippen molar-refractivity contribution < 1.29 is 4.74 Å². The number of nitrogens with one attached hydrogen (secondary N) is 1. The largest absolute Gasteiger partial charge is 0.377 e. The molecule has 0 aromatic carbocycles. The van der Waals surface area contributed by atoms with E-state index in [0.717, 1.165) is 12.5 Å². The lowest BCUT2D eigenvalue weighted by Crippen LogP contribution is -2.43. The second-order valence-corrected chi connectivity index (χ2v) is 5.53. The average molecular weight is 213 g/mol. The van der Waals surface area contributed by atoms with Crippen LogP contribution in [0.1, 0.15) is 52.9 Å². The number of hydrogen-bond donors (Lipinski definition) is 1. The van der Waals surface area contributed by atoms with E-state index in [0.29, 0.717) is 6.04 Å². The van der Waals surface area contributed by atoms with Crippen LogP contribution in [0.3, 0.4) is 0 Å². The first-order valence-corrected chi connectivity index (χ1v) is 6.34. The number of ether oxygens (including phenoxy) is 1. The van der Waals surface area contributed by atoms with Gasteiger partial charge in [-0.15, -0.1) is 0 Å². The highest BCUT2D eigenvalue weighted by atomic mass is 16.5. The SMILES string of the molecule is COC(C)(C)CNC(C)C1CCCCC1. The summed E-state index contributed by atoms with van der Waals surface area (Å²) in [7, 11) is 1.78. The lowest BCUT2D eigenvalue weighted by atomic mass is 9.84. The third kappa shape index (κ3) is 4.52. The quantitative estimate of drug-likeness (QED) is 0.758. The summed E-state index contributed by atoms with van der Waals surface area (Å²) >= 11 is 0. The van der Waals surface area contributed by atoms with E-state index < -0.39 is 0 Å². The fourth-order valence-electron chi connectivity index (χ4n) is 2.28. The van der Waals surface area contributed by atoms with E-state index in [-0.39, 0.29) is 5.60 Å². The van der Waals surface area contributed by atoms with Crippen LogP contribution < -0.4 is 5.32 Å². The van der Waals surface area contributed by atoms with Gasteiger partial charge in [-0.05, 0) is 39.5 Å². The van der Waals surface area contributed by atoms with Crippen LogP contribution >= 0.6 is 0 Å². The van der Waals surface area contributed by atoms with Crippen molar-refractivity contribution in [1.29, 1.82) is 0 Å². The Morgan fingerprint density at radius 1 is 1.27 bits per heavy atom. The molecule has 1 atom stereocenters. The molecule has 0 bridgehead atoms. The molecule has 15 heavy (non-hydrogen) atoms. The summed E-state index contributed by atoms with van der Waals surface area (Å²) in [5.74, 6) is 0.881. The molecule has 1 rings (SSSR count). The van der Waals surface area contributed by atoms with Gasteiger partial charge in [0.1, 0.15) is 0 Å². The molecule has 1 N–H and O–H groups in total. The van der Waals surface area contributed by atoms with E-state index in [1.54, 1.807) is 7.11 Å². The smallest absolute Gasteiger partial charge is 0.0746 e. The summed E-state index contributed by atoms with van der Waals surface area (Å²) in [6.07, 6.45) is 7.09. The zero-order valence-electron chi connectivity index (χ0n) is 10.8. The minimum absolute atomic E-state index is 0.0388. The van der Waals surface area contributed by atoms with Gasteiger partial charge in [-0.2, -0.15) is 0 Å². The molecule has 0 spiro atoms. The molecule has 0 aliphatic heterocycles. The molecule has 2 nitrogen and oxygen atoms in total. The number of methoxy groups -OCH3 is 1. The lowest BCUT2D eigenvalue weighted by molar-refractivity contribution is 0.0193. The van der Waals surface area contributed by atoms with Crippen molar-refractivity contribution in [3.05, 3.63) is 0 Å².